The van der Waals surface area contributed by atoms with Crippen molar-refractivity contribution in [2.24, 2.45) is 0 Å². The molecule has 2 rings (SSSR count). The number of carbonyl (C=O) groups is 1. The highest BCUT2D eigenvalue weighted by molar-refractivity contribution is 5.92. The van der Waals surface area contributed by atoms with Gasteiger partial charge in [0.15, 0.2) is 0 Å². The number of hydrogen-bond acceptors (Lipinski definition) is 2. The van der Waals surface area contributed by atoms with Crippen molar-refractivity contribution in [2.75, 3.05) is 5.32 Å². The fourth-order valence-corrected chi connectivity index (χ4v) is 1.65. The number of aryl methyl sites for hydroxylation is 2. The van der Waals surface area contributed by atoms with Crippen LogP contribution in [0.25, 0.3) is 0 Å². The zero-order valence-electron chi connectivity index (χ0n) is 9.95. The van der Waals surface area contributed by atoms with Crippen LogP contribution in [0.2, 0.25) is 0 Å². The summed E-state index contributed by atoms with van der Waals surface area (Å²) in [6.45, 7) is 3.88. The summed E-state index contributed by atoms with van der Waals surface area (Å²) in [7, 11) is 0. The van der Waals surface area contributed by atoms with Gasteiger partial charge < -0.3 is 5.32 Å². The largest absolute Gasteiger partial charge is 0.323 e. The maximum absolute atomic E-state index is 11.8. The molecule has 0 aliphatic carbocycles. The third-order valence-corrected chi connectivity index (χ3v) is 2.72. The van der Waals surface area contributed by atoms with E-state index in [1.807, 2.05) is 38.1 Å². The average molecular weight is 229 g/mol. The van der Waals surface area contributed by atoms with Gasteiger partial charge in [-0.25, -0.2) is 0 Å². The molecule has 0 saturated carbocycles. The number of aromatic nitrogens is 2. The van der Waals surface area contributed by atoms with E-state index in [1.165, 1.54) is 0 Å². The lowest BCUT2D eigenvalue weighted by Gasteiger charge is -2.06. The summed E-state index contributed by atoms with van der Waals surface area (Å²) >= 11 is 0. The van der Waals surface area contributed by atoms with Crippen molar-refractivity contribution in [3.05, 3.63) is 47.3 Å². The van der Waals surface area contributed by atoms with E-state index in [0.717, 1.165) is 22.5 Å². The van der Waals surface area contributed by atoms with Crippen molar-refractivity contribution in [3.8, 4) is 0 Å². The van der Waals surface area contributed by atoms with Gasteiger partial charge in [0.1, 0.15) is 0 Å². The van der Waals surface area contributed by atoms with Gasteiger partial charge >= 0.3 is 0 Å². The molecule has 2 aromatic rings. The third kappa shape index (κ3) is 2.72. The number of aromatic amines is 1. The Bertz CT molecular complexity index is 531. The summed E-state index contributed by atoms with van der Waals surface area (Å²) in [4.78, 5) is 11.8. The molecule has 0 aliphatic rings. The molecular formula is C13H15N3O. The van der Waals surface area contributed by atoms with Gasteiger partial charge in [-0.05, 0) is 25.0 Å². The number of rotatable bonds is 3. The van der Waals surface area contributed by atoms with Crippen LogP contribution in [0.1, 0.15) is 16.8 Å². The number of H-pyrrole nitrogens is 1. The fourth-order valence-electron chi connectivity index (χ4n) is 1.65. The van der Waals surface area contributed by atoms with Crippen LogP contribution in [0.5, 0.6) is 0 Å². The molecule has 0 unspecified atom stereocenters. The first-order valence-electron chi connectivity index (χ1n) is 5.51. The first-order valence-corrected chi connectivity index (χ1v) is 5.51. The minimum Gasteiger partial charge on any atom is -0.323 e. The molecule has 1 aromatic carbocycles. The smallest absolute Gasteiger partial charge is 0.228 e. The van der Waals surface area contributed by atoms with Gasteiger partial charge in [0, 0.05) is 0 Å². The molecule has 4 nitrogen and oxygen atoms in total. The van der Waals surface area contributed by atoms with E-state index in [-0.39, 0.29) is 5.91 Å². The Morgan fingerprint density at radius 3 is 2.76 bits per heavy atom. The maximum Gasteiger partial charge on any atom is 0.228 e. The fraction of sp³-hybridized carbons (Fsp3) is 0.231. The summed E-state index contributed by atoms with van der Waals surface area (Å²) in [5.41, 5.74) is 3.78. The third-order valence-electron chi connectivity index (χ3n) is 2.72. The van der Waals surface area contributed by atoms with E-state index in [4.69, 9.17) is 0 Å². The molecule has 4 heteroatoms. The van der Waals surface area contributed by atoms with E-state index in [2.05, 4.69) is 15.5 Å². The predicted octanol–water partition coefficient (Wildman–Crippen LogP) is 2.21. The highest BCUT2D eigenvalue weighted by Crippen LogP contribution is 2.12. The summed E-state index contributed by atoms with van der Waals surface area (Å²) in [5.74, 6) is -0.0243. The Kier molecular flexibility index (Phi) is 3.23. The lowest BCUT2D eigenvalue weighted by molar-refractivity contribution is -0.115. The minimum absolute atomic E-state index is 0.0243. The number of benzene rings is 1. The Hall–Kier alpha value is -2.10. The van der Waals surface area contributed by atoms with Crippen LogP contribution in [0, 0.1) is 13.8 Å². The zero-order chi connectivity index (χ0) is 12.3. The number of nitrogens with zero attached hydrogens (tertiary/aromatic N) is 1. The average Bonchev–Trinajstić information content (AvgIpc) is 2.68. The molecular weight excluding hydrogens is 214 g/mol. The van der Waals surface area contributed by atoms with Gasteiger partial charge in [-0.1, -0.05) is 24.3 Å². The number of amides is 1. The molecule has 17 heavy (non-hydrogen) atoms. The predicted molar refractivity (Wildman–Crippen MR) is 66.8 cm³/mol. The van der Waals surface area contributed by atoms with Crippen molar-refractivity contribution >= 4 is 11.6 Å². The first-order chi connectivity index (χ1) is 8.16. The molecule has 2 N–H and O–H groups in total. The summed E-state index contributed by atoms with van der Waals surface area (Å²) in [6.07, 6.45) is 2.00. The molecule has 0 radical (unpaired) electrons. The Morgan fingerprint density at radius 2 is 2.12 bits per heavy atom. The monoisotopic (exact) mass is 229 g/mol. The van der Waals surface area contributed by atoms with Crippen LogP contribution >= 0.6 is 0 Å². The quantitative estimate of drug-likeness (QED) is 0.847. The van der Waals surface area contributed by atoms with Gasteiger partial charge in [-0.15, -0.1) is 0 Å². The van der Waals surface area contributed by atoms with E-state index < -0.39 is 0 Å². The Morgan fingerprint density at radius 1 is 1.35 bits per heavy atom. The maximum atomic E-state index is 11.8. The van der Waals surface area contributed by atoms with Crippen LogP contribution in [0.15, 0.2) is 30.5 Å². The van der Waals surface area contributed by atoms with Gasteiger partial charge in [-0.3, -0.25) is 9.89 Å². The standard InChI is InChI=1S/C13H15N3O/c1-9-5-3-4-6-11(9)7-13(17)15-12-8-14-16-10(12)2/h3-6,8H,7H2,1-2H3,(H,14,16)(H,15,17). The van der Waals surface area contributed by atoms with Crippen LogP contribution in [0.4, 0.5) is 5.69 Å². The highest BCUT2D eigenvalue weighted by Gasteiger charge is 2.08. The molecule has 0 saturated heterocycles. The molecule has 0 bridgehead atoms. The van der Waals surface area contributed by atoms with E-state index in [0.29, 0.717) is 6.42 Å². The first kappa shape index (κ1) is 11.4. The van der Waals surface area contributed by atoms with Gasteiger partial charge in [0.05, 0.1) is 24.0 Å². The number of hydrogen-bond donors (Lipinski definition) is 2. The molecule has 88 valence electrons. The van der Waals surface area contributed by atoms with Gasteiger partial charge in [0.25, 0.3) is 0 Å². The van der Waals surface area contributed by atoms with E-state index in [9.17, 15) is 4.79 Å². The second-order valence-electron chi connectivity index (χ2n) is 4.06. The molecule has 0 fully saturated rings. The van der Waals surface area contributed by atoms with Gasteiger partial charge in [-0.2, -0.15) is 5.10 Å². The van der Waals surface area contributed by atoms with Crippen LogP contribution in [-0.2, 0) is 11.2 Å². The number of nitrogens with one attached hydrogen (secondary N) is 2. The van der Waals surface area contributed by atoms with Crippen molar-refractivity contribution in [1.82, 2.24) is 10.2 Å². The van der Waals surface area contributed by atoms with E-state index in [1.54, 1.807) is 6.20 Å². The second-order valence-corrected chi connectivity index (χ2v) is 4.06. The molecule has 1 heterocycles. The normalized spacial score (nSPS) is 10.2. The Labute approximate surface area is 100 Å². The lowest BCUT2D eigenvalue weighted by atomic mass is 10.1. The topological polar surface area (TPSA) is 57.8 Å². The highest BCUT2D eigenvalue weighted by atomic mass is 16.1. The summed E-state index contributed by atoms with van der Waals surface area (Å²) < 4.78 is 0. The Balaban J connectivity index is 2.03. The van der Waals surface area contributed by atoms with E-state index >= 15 is 0 Å². The zero-order valence-corrected chi connectivity index (χ0v) is 9.95. The molecule has 0 spiro atoms. The lowest BCUT2D eigenvalue weighted by Crippen LogP contribution is -2.15. The molecule has 0 atom stereocenters. The van der Waals surface area contributed by atoms with Crippen LogP contribution in [-0.4, -0.2) is 16.1 Å². The molecule has 1 amide bonds. The summed E-state index contributed by atoms with van der Waals surface area (Å²) in [6, 6.07) is 7.89. The summed E-state index contributed by atoms with van der Waals surface area (Å²) in [5, 5.41) is 9.48. The number of carbonyl (C=O) groups excluding carboxylic acids is 1. The van der Waals surface area contributed by atoms with Gasteiger partial charge in [0.2, 0.25) is 5.91 Å². The van der Waals surface area contributed by atoms with Crippen molar-refractivity contribution in [2.45, 2.75) is 20.3 Å². The second kappa shape index (κ2) is 4.82. The van der Waals surface area contributed by atoms with Crippen molar-refractivity contribution in [1.29, 1.82) is 0 Å². The molecule has 0 aliphatic heterocycles. The minimum atomic E-state index is -0.0243. The van der Waals surface area contributed by atoms with Crippen LogP contribution < -0.4 is 5.32 Å². The SMILES string of the molecule is Cc1ccccc1CC(=O)Nc1cn[nH]c1C. The van der Waals surface area contributed by atoms with Crippen molar-refractivity contribution in [3.63, 3.8) is 0 Å². The van der Waals surface area contributed by atoms with Crippen molar-refractivity contribution < 1.29 is 4.79 Å². The van der Waals surface area contributed by atoms with Crippen LogP contribution in [0.3, 0.4) is 0 Å². The molecule has 1 aromatic heterocycles. The number of anilines is 1.